The Bertz CT molecular complexity index is 1360. The van der Waals surface area contributed by atoms with E-state index in [1.54, 1.807) is 0 Å². The van der Waals surface area contributed by atoms with Gasteiger partial charge in [-0.05, 0) is 48.1 Å². The highest BCUT2D eigenvalue weighted by molar-refractivity contribution is 7.89. The van der Waals surface area contributed by atoms with E-state index >= 15 is 0 Å². The fourth-order valence-electron chi connectivity index (χ4n) is 3.82. The zero-order valence-electron chi connectivity index (χ0n) is 21.5. The van der Waals surface area contributed by atoms with Crippen LogP contribution in [0.2, 0.25) is 10.0 Å². The van der Waals surface area contributed by atoms with Crippen LogP contribution in [0.4, 0.5) is 0 Å². The number of benzene rings is 2. The molecule has 1 heterocycles. The Kier molecular flexibility index (Phi) is 10.6. The van der Waals surface area contributed by atoms with Crippen LogP contribution in [0.15, 0.2) is 53.4 Å². The minimum absolute atomic E-state index is 0.0116. The lowest BCUT2D eigenvalue weighted by Crippen LogP contribution is -2.50. The van der Waals surface area contributed by atoms with Crippen molar-refractivity contribution in [2.45, 2.75) is 37.3 Å². The molecular weight excluding hydrogens is 569 g/mol. The van der Waals surface area contributed by atoms with Crippen molar-refractivity contribution < 1.29 is 22.7 Å². The van der Waals surface area contributed by atoms with E-state index in [1.165, 1.54) is 43.7 Å². The number of nitrogens with one attached hydrogen (secondary N) is 2. The molecule has 2 amide bonds. The molecule has 0 saturated carbocycles. The normalized spacial score (nSPS) is 13.6. The summed E-state index contributed by atoms with van der Waals surface area (Å²) in [5, 5.41) is 6.95. The number of hydrogen-bond donors (Lipinski definition) is 2. The quantitative estimate of drug-likeness (QED) is 0.311. The van der Waals surface area contributed by atoms with Gasteiger partial charge >= 0.3 is 0 Å². The number of hydrogen-bond acceptors (Lipinski definition) is 6. The molecule has 0 bridgehead atoms. The van der Waals surface area contributed by atoms with Gasteiger partial charge in [-0.15, -0.1) is 11.3 Å². The highest BCUT2D eigenvalue weighted by Crippen LogP contribution is 2.27. The van der Waals surface area contributed by atoms with Crippen LogP contribution >= 0.6 is 34.5 Å². The molecule has 2 aromatic carbocycles. The molecule has 0 aliphatic heterocycles. The van der Waals surface area contributed by atoms with E-state index in [9.17, 15) is 18.0 Å². The molecule has 3 aromatic rings. The third kappa shape index (κ3) is 7.68. The molecule has 8 nitrogen and oxygen atoms in total. The largest absolute Gasteiger partial charge is 0.378 e. The molecule has 206 valence electrons. The molecule has 2 N–H and O–H groups in total. The van der Waals surface area contributed by atoms with Gasteiger partial charge in [-0.2, -0.15) is 4.31 Å². The second kappa shape index (κ2) is 13.2. The number of rotatable bonds is 12. The molecule has 1 aromatic heterocycles. The lowest BCUT2D eigenvalue weighted by Gasteiger charge is -2.25. The second-order valence-corrected chi connectivity index (χ2v) is 13.2. The maximum absolute atomic E-state index is 13.1. The SMILES string of the molecule is COC(CNC(=O)[C@H](CC(C)C)NC(=O)c1cc2ccccc2s1)CN(C)S(=O)(=O)c1ccc(Cl)cc1Cl. The zero-order chi connectivity index (χ0) is 28.0. The highest BCUT2D eigenvalue weighted by atomic mass is 35.5. The maximum atomic E-state index is 13.1. The summed E-state index contributed by atoms with van der Waals surface area (Å²) in [6.45, 7) is 3.93. The number of carbonyl (C=O) groups excluding carboxylic acids is 2. The van der Waals surface area contributed by atoms with Gasteiger partial charge in [-0.1, -0.05) is 55.2 Å². The van der Waals surface area contributed by atoms with E-state index in [0.717, 1.165) is 14.4 Å². The molecule has 0 saturated heterocycles. The average Bonchev–Trinajstić information content (AvgIpc) is 3.29. The monoisotopic (exact) mass is 599 g/mol. The number of nitrogens with zero attached hydrogens (tertiary/aromatic N) is 1. The Morgan fingerprint density at radius 3 is 2.45 bits per heavy atom. The van der Waals surface area contributed by atoms with Crippen LogP contribution in [0.25, 0.3) is 10.1 Å². The third-order valence-corrected chi connectivity index (χ3v) is 9.51. The average molecular weight is 601 g/mol. The molecule has 0 radical (unpaired) electrons. The van der Waals surface area contributed by atoms with E-state index in [-0.39, 0.29) is 40.7 Å². The van der Waals surface area contributed by atoms with Crippen LogP contribution in [-0.2, 0) is 19.6 Å². The molecule has 0 aliphatic carbocycles. The number of fused-ring (bicyclic) bond motifs is 1. The summed E-state index contributed by atoms with van der Waals surface area (Å²) < 4.78 is 33.6. The molecule has 1 unspecified atom stereocenters. The van der Waals surface area contributed by atoms with Crippen molar-refractivity contribution in [3.8, 4) is 0 Å². The zero-order valence-corrected chi connectivity index (χ0v) is 24.7. The number of amides is 2. The second-order valence-electron chi connectivity index (χ2n) is 9.27. The van der Waals surface area contributed by atoms with Crippen LogP contribution in [0.3, 0.4) is 0 Å². The van der Waals surface area contributed by atoms with Crippen LogP contribution in [0, 0.1) is 5.92 Å². The fraction of sp³-hybridized carbons (Fsp3) is 0.385. The van der Waals surface area contributed by atoms with Crippen molar-refractivity contribution in [1.29, 1.82) is 0 Å². The molecule has 38 heavy (non-hydrogen) atoms. The molecule has 0 spiro atoms. The summed E-state index contributed by atoms with van der Waals surface area (Å²) in [5.41, 5.74) is 0. The number of likely N-dealkylation sites (N-methyl/N-ethyl adjacent to an activating group) is 1. The van der Waals surface area contributed by atoms with Gasteiger partial charge in [0.2, 0.25) is 15.9 Å². The van der Waals surface area contributed by atoms with Crippen LogP contribution in [0.5, 0.6) is 0 Å². The van der Waals surface area contributed by atoms with Crippen molar-refractivity contribution in [2.75, 3.05) is 27.2 Å². The molecule has 0 aliphatic rings. The van der Waals surface area contributed by atoms with E-state index in [4.69, 9.17) is 27.9 Å². The van der Waals surface area contributed by atoms with Gasteiger partial charge < -0.3 is 15.4 Å². The van der Waals surface area contributed by atoms with Gasteiger partial charge in [0.05, 0.1) is 16.0 Å². The maximum Gasteiger partial charge on any atom is 0.262 e. The fourth-order valence-corrected chi connectivity index (χ4v) is 6.73. The first-order valence-corrected chi connectivity index (χ1v) is 14.9. The van der Waals surface area contributed by atoms with Crippen molar-refractivity contribution >= 4 is 66.5 Å². The van der Waals surface area contributed by atoms with Crippen molar-refractivity contribution in [1.82, 2.24) is 14.9 Å². The molecular formula is C26H31Cl2N3O5S2. The standard InChI is InChI=1S/C26H31Cl2N3O5S2/c1-16(2)11-21(30-26(33)23-12-17-7-5-6-8-22(17)37-23)25(32)29-14-19(36-4)15-31(3)38(34,35)24-10-9-18(27)13-20(24)28/h5-10,12-13,16,19,21H,11,14-15H2,1-4H3,(H,29,32)(H,30,33)/t19?,21-/m0/s1. The van der Waals surface area contributed by atoms with E-state index in [0.29, 0.717) is 16.3 Å². The van der Waals surface area contributed by atoms with E-state index < -0.39 is 22.2 Å². The summed E-state index contributed by atoms with van der Waals surface area (Å²) in [5.74, 6) is -0.547. The van der Waals surface area contributed by atoms with Crippen molar-refractivity contribution in [3.05, 3.63) is 63.5 Å². The van der Waals surface area contributed by atoms with Gasteiger partial charge in [-0.3, -0.25) is 9.59 Å². The van der Waals surface area contributed by atoms with Crippen molar-refractivity contribution in [3.63, 3.8) is 0 Å². The first-order chi connectivity index (χ1) is 17.9. The lowest BCUT2D eigenvalue weighted by molar-refractivity contribution is -0.123. The summed E-state index contributed by atoms with van der Waals surface area (Å²) in [6, 6.07) is 12.9. The first kappa shape index (κ1) is 30.3. The molecule has 3 rings (SSSR count). The Hall–Kier alpha value is -2.21. The number of halogens is 2. The number of thiophene rings is 1. The Labute approximate surface area is 237 Å². The Balaban J connectivity index is 1.64. The van der Waals surface area contributed by atoms with Gasteiger partial charge in [0.25, 0.3) is 5.91 Å². The highest BCUT2D eigenvalue weighted by Gasteiger charge is 2.28. The van der Waals surface area contributed by atoms with Crippen LogP contribution in [-0.4, -0.2) is 63.9 Å². The van der Waals surface area contributed by atoms with Crippen molar-refractivity contribution in [2.24, 2.45) is 5.92 Å². The summed E-state index contributed by atoms with van der Waals surface area (Å²) in [4.78, 5) is 26.5. The van der Waals surface area contributed by atoms with E-state index in [2.05, 4.69) is 10.6 Å². The third-order valence-electron chi connectivity index (χ3n) is 5.86. The number of methoxy groups -OCH3 is 1. The Morgan fingerprint density at radius 1 is 1.11 bits per heavy atom. The number of sulfonamides is 1. The lowest BCUT2D eigenvalue weighted by atomic mass is 10.0. The number of ether oxygens (including phenoxy) is 1. The predicted molar refractivity (Wildman–Crippen MR) is 153 cm³/mol. The minimum Gasteiger partial charge on any atom is -0.378 e. The van der Waals surface area contributed by atoms with Gasteiger partial charge in [0.1, 0.15) is 10.9 Å². The van der Waals surface area contributed by atoms with Gasteiger partial charge in [0, 0.05) is 37.0 Å². The predicted octanol–water partition coefficient (Wildman–Crippen LogP) is 4.80. The minimum atomic E-state index is -3.93. The van der Waals surface area contributed by atoms with Gasteiger partial charge in [-0.25, -0.2) is 8.42 Å². The van der Waals surface area contributed by atoms with Gasteiger partial charge in [0.15, 0.2) is 0 Å². The van der Waals surface area contributed by atoms with Crippen LogP contribution < -0.4 is 10.6 Å². The molecule has 2 atom stereocenters. The summed E-state index contributed by atoms with van der Waals surface area (Å²) in [7, 11) is -1.09. The Morgan fingerprint density at radius 2 is 1.82 bits per heavy atom. The molecule has 12 heteroatoms. The smallest absolute Gasteiger partial charge is 0.262 e. The van der Waals surface area contributed by atoms with Crippen LogP contribution in [0.1, 0.15) is 29.9 Å². The van der Waals surface area contributed by atoms with E-state index in [1.807, 2.05) is 44.2 Å². The number of carbonyl (C=O) groups is 2. The summed E-state index contributed by atoms with van der Waals surface area (Å²) in [6.07, 6.45) is -0.216. The first-order valence-electron chi connectivity index (χ1n) is 11.9. The molecule has 0 fully saturated rings. The topological polar surface area (TPSA) is 105 Å². The summed E-state index contributed by atoms with van der Waals surface area (Å²) >= 11 is 13.4.